The molecular weight excluding hydrogens is 238 g/mol. The molecule has 2 atom stereocenters. The number of hydrogen-bond donors (Lipinski definition) is 1. The third-order valence-corrected chi connectivity index (χ3v) is 5.04. The summed E-state index contributed by atoms with van der Waals surface area (Å²) in [7, 11) is 4.27. The van der Waals surface area contributed by atoms with Crippen LogP contribution in [0.1, 0.15) is 38.5 Å². The minimum absolute atomic E-state index is 0.203. The van der Waals surface area contributed by atoms with Crippen molar-refractivity contribution in [3.05, 3.63) is 0 Å². The molecule has 2 unspecified atom stereocenters. The van der Waals surface area contributed by atoms with Gasteiger partial charge in [-0.25, -0.2) is 0 Å². The van der Waals surface area contributed by atoms with Crippen LogP contribution >= 0.6 is 0 Å². The van der Waals surface area contributed by atoms with Gasteiger partial charge in [-0.1, -0.05) is 12.8 Å². The zero-order valence-electron chi connectivity index (χ0n) is 12.5. The molecule has 0 spiro atoms. The van der Waals surface area contributed by atoms with Crippen LogP contribution in [0.25, 0.3) is 0 Å². The molecule has 1 saturated heterocycles. The summed E-state index contributed by atoms with van der Waals surface area (Å²) in [4.78, 5) is 17.0. The Kier molecular flexibility index (Phi) is 5.22. The molecule has 1 heterocycles. The zero-order chi connectivity index (χ0) is 13.8. The quantitative estimate of drug-likeness (QED) is 0.838. The summed E-state index contributed by atoms with van der Waals surface area (Å²) in [6.07, 6.45) is 6.85. The summed E-state index contributed by atoms with van der Waals surface area (Å²) in [6.45, 7) is 2.52. The Morgan fingerprint density at radius 1 is 1.16 bits per heavy atom. The topological polar surface area (TPSA) is 49.6 Å². The molecule has 0 bridgehead atoms. The van der Waals surface area contributed by atoms with Gasteiger partial charge in [0.05, 0.1) is 0 Å². The van der Waals surface area contributed by atoms with Crippen molar-refractivity contribution < 1.29 is 4.79 Å². The van der Waals surface area contributed by atoms with E-state index in [1.807, 2.05) is 0 Å². The second kappa shape index (κ2) is 6.71. The molecule has 2 fully saturated rings. The normalized spacial score (nSPS) is 29.8. The number of amides is 1. The van der Waals surface area contributed by atoms with Gasteiger partial charge in [0, 0.05) is 25.0 Å². The van der Waals surface area contributed by atoms with E-state index in [2.05, 4.69) is 23.9 Å². The van der Waals surface area contributed by atoms with E-state index in [9.17, 15) is 4.79 Å². The first-order chi connectivity index (χ1) is 9.13. The van der Waals surface area contributed by atoms with Crippen LogP contribution in [-0.4, -0.2) is 55.5 Å². The molecule has 0 radical (unpaired) electrons. The number of nitrogens with zero attached hydrogens (tertiary/aromatic N) is 2. The SMILES string of the molecule is CN(C)C1CCN(C(=O)C2CCCCC2CN)CC1. The van der Waals surface area contributed by atoms with E-state index in [1.54, 1.807) is 0 Å². The summed E-state index contributed by atoms with van der Waals surface area (Å²) < 4.78 is 0. The highest BCUT2D eigenvalue weighted by molar-refractivity contribution is 5.79. The molecule has 0 aromatic heterocycles. The maximum absolute atomic E-state index is 12.7. The van der Waals surface area contributed by atoms with E-state index in [1.165, 1.54) is 12.8 Å². The Balaban J connectivity index is 1.89. The molecule has 110 valence electrons. The largest absolute Gasteiger partial charge is 0.342 e. The van der Waals surface area contributed by atoms with Gasteiger partial charge in [0.25, 0.3) is 0 Å². The number of hydrogen-bond acceptors (Lipinski definition) is 3. The first-order valence-electron chi connectivity index (χ1n) is 7.78. The lowest BCUT2D eigenvalue weighted by atomic mass is 9.78. The van der Waals surface area contributed by atoms with E-state index < -0.39 is 0 Å². The van der Waals surface area contributed by atoms with Gasteiger partial charge in [0.2, 0.25) is 5.91 Å². The van der Waals surface area contributed by atoms with Crippen molar-refractivity contribution >= 4 is 5.91 Å². The first kappa shape index (κ1) is 14.8. The smallest absolute Gasteiger partial charge is 0.226 e. The predicted molar refractivity (Wildman–Crippen MR) is 77.8 cm³/mol. The van der Waals surface area contributed by atoms with Crippen molar-refractivity contribution in [1.82, 2.24) is 9.80 Å². The lowest BCUT2D eigenvalue weighted by Gasteiger charge is -2.39. The molecule has 1 aliphatic carbocycles. The van der Waals surface area contributed by atoms with E-state index >= 15 is 0 Å². The van der Waals surface area contributed by atoms with Crippen molar-refractivity contribution in [2.75, 3.05) is 33.7 Å². The second-order valence-electron chi connectivity index (χ2n) is 6.41. The Bertz CT molecular complexity index is 298. The van der Waals surface area contributed by atoms with Crippen LogP contribution in [0.5, 0.6) is 0 Å². The number of carbonyl (C=O) groups excluding carboxylic acids is 1. The minimum Gasteiger partial charge on any atom is -0.342 e. The minimum atomic E-state index is 0.203. The van der Waals surface area contributed by atoms with Crippen LogP contribution in [0, 0.1) is 11.8 Å². The fourth-order valence-corrected chi connectivity index (χ4v) is 3.65. The Morgan fingerprint density at radius 3 is 2.37 bits per heavy atom. The fourth-order valence-electron chi connectivity index (χ4n) is 3.65. The molecule has 1 aliphatic heterocycles. The predicted octanol–water partition coefficient (Wildman–Crippen LogP) is 1.30. The van der Waals surface area contributed by atoms with Crippen LogP contribution in [0.15, 0.2) is 0 Å². The van der Waals surface area contributed by atoms with Crippen molar-refractivity contribution in [1.29, 1.82) is 0 Å². The monoisotopic (exact) mass is 267 g/mol. The highest BCUT2D eigenvalue weighted by Crippen LogP contribution is 2.31. The Labute approximate surface area is 117 Å². The van der Waals surface area contributed by atoms with Gasteiger partial charge in [-0.3, -0.25) is 4.79 Å². The van der Waals surface area contributed by atoms with Crippen LogP contribution in [-0.2, 0) is 4.79 Å². The Hall–Kier alpha value is -0.610. The van der Waals surface area contributed by atoms with Gasteiger partial charge in [0.15, 0.2) is 0 Å². The van der Waals surface area contributed by atoms with E-state index in [-0.39, 0.29) is 5.92 Å². The van der Waals surface area contributed by atoms with Gasteiger partial charge in [-0.2, -0.15) is 0 Å². The maximum Gasteiger partial charge on any atom is 0.226 e. The fraction of sp³-hybridized carbons (Fsp3) is 0.933. The van der Waals surface area contributed by atoms with Gasteiger partial charge >= 0.3 is 0 Å². The van der Waals surface area contributed by atoms with Crippen LogP contribution in [0.2, 0.25) is 0 Å². The molecule has 4 heteroatoms. The average molecular weight is 267 g/mol. The highest BCUT2D eigenvalue weighted by Gasteiger charge is 2.34. The van der Waals surface area contributed by atoms with Crippen LogP contribution < -0.4 is 5.73 Å². The molecular formula is C15H29N3O. The zero-order valence-corrected chi connectivity index (χ0v) is 12.5. The van der Waals surface area contributed by atoms with Gasteiger partial charge in [0.1, 0.15) is 0 Å². The molecule has 1 saturated carbocycles. The highest BCUT2D eigenvalue weighted by atomic mass is 16.2. The molecule has 0 aromatic carbocycles. The third kappa shape index (κ3) is 3.48. The lowest BCUT2D eigenvalue weighted by Crippen LogP contribution is -2.48. The van der Waals surface area contributed by atoms with Gasteiger partial charge in [-0.15, -0.1) is 0 Å². The van der Waals surface area contributed by atoms with Crippen LogP contribution in [0.3, 0.4) is 0 Å². The van der Waals surface area contributed by atoms with Gasteiger partial charge < -0.3 is 15.5 Å². The molecule has 0 aromatic rings. The molecule has 4 nitrogen and oxygen atoms in total. The maximum atomic E-state index is 12.7. The first-order valence-corrected chi connectivity index (χ1v) is 7.78. The number of rotatable bonds is 3. The lowest BCUT2D eigenvalue weighted by molar-refractivity contribution is -0.140. The molecule has 2 N–H and O–H groups in total. The van der Waals surface area contributed by atoms with Crippen molar-refractivity contribution in [2.45, 2.75) is 44.6 Å². The summed E-state index contributed by atoms with van der Waals surface area (Å²) in [5.41, 5.74) is 5.85. The van der Waals surface area contributed by atoms with Gasteiger partial charge in [-0.05, 0) is 52.2 Å². The summed E-state index contributed by atoms with van der Waals surface area (Å²) in [5, 5.41) is 0. The summed E-state index contributed by atoms with van der Waals surface area (Å²) in [6, 6.07) is 0.640. The third-order valence-electron chi connectivity index (χ3n) is 5.04. The summed E-state index contributed by atoms with van der Waals surface area (Å²) in [5.74, 6) is 1.01. The number of carbonyl (C=O) groups is 1. The molecule has 19 heavy (non-hydrogen) atoms. The average Bonchev–Trinajstić information content (AvgIpc) is 2.46. The van der Waals surface area contributed by atoms with Crippen molar-refractivity contribution in [3.8, 4) is 0 Å². The number of nitrogens with two attached hydrogens (primary N) is 1. The van der Waals surface area contributed by atoms with E-state index in [0.717, 1.165) is 38.8 Å². The summed E-state index contributed by atoms with van der Waals surface area (Å²) >= 11 is 0. The molecule has 1 amide bonds. The van der Waals surface area contributed by atoms with Crippen molar-refractivity contribution in [2.24, 2.45) is 17.6 Å². The number of likely N-dealkylation sites (tertiary alicyclic amines) is 1. The second-order valence-corrected chi connectivity index (χ2v) is 6.41. The molecule has 2 rings (SSSR count). The number of piperidine rings is 1. The standard InChI is InChI=1S/C15H29N3O/c1-17(2)13-7-9-18(10-8-13)15(19)14-6-4-3-5-12(14)11-16/h12-14H,3-11,16H2,1-2H3. The van der Waals surface area contributed by atoms with E-state index in [4.69, 9.17) is 5.73 Å². The van der Waals surface area contributed by atoms with Crippen LogP contribution in [0.4, 0.5) is 0 Å². The Morgan fingerprint density at radius 2 is 1.79 bits per heavy atom. The molecule has 2 aliphatic rings. The van der Waals surface area contributed by atoms with Crippen molar-refractivity contribution in [3.63, 3.8) is 0 Å². The van der Waals surface area contributed by atoms with E-state index in [0.29, 0.717) is 24.4 Å².